The molecule has 0 aliphatic carbocycles. The zero-order valence-corrected chi connectivity index (χ0v) is 12.3. The third-order valence-electron chi connectivity index (χ3n) is 3.24. The predicted molar refractivity (Wildman–Crippen MR) is 79.8 cm³/mol. The fourth-order valence-corrected chi connectivity index (χ4v) is 2.12. The summed E-state index contributed by atoms with van der Waals surface area (Å²) in [7, 11) is 0. The summed E-state index contributed by atoms with van der Waals surface area (Å²) in [5, 5.41) is 6.27. The van der Waals surface area contributed by atoms with Gasteiger partial charge in [0.2, 0.25) is 0 Å². The van der Waals surface area contributed by atoms with Crippen LogP contribution in [0.5, 0.6) is 0 Å². The number of H-pyrrole nitrogens is 1. The van der Waals surface area contributed by atoms with Crippen molar-refractivity contribution in [3.63, 3.8) is 0 Å². The second-order valence-corrected chi connectivity index (χ2v) is 4.85. The molecule has 3 heterocycles. The highest BCUT2D eigenvalue weighted by molar-refractivity contribution is 5.95. The number of nitrogens with one attached hydrogen (secondary N) is 2. The van der Waals surface area contributed by atoms with Gasteiger partial charge in [-0.2, -0.15) is 0 Å². The van der Waals surface area contributed by atoms with Crippen LogP contribution >= 0.6 is 0 Å². The molecular formula is C15H14N4O4. The zero-order chi connectivity index (χ0) is 16.2. The number of hydrogen-bond acceptors (Lipinski definition) is 6. The number of hydrogen-bond donors (Lipinski definition) is 2. The Labute approximate surface area is 130 Å². The Kier molecular flexibility index (Phi) is 4.05. The number of carbonyl (C=O) groups excluding carboxylic acids is 1. The summed E-state index contributed by atoms with van der Waals surface area (Å²) < 4.78 is 9.66. The van der Waals surface area contributed by atoms with Crippen LogP contribution in [0.25, 0.3) is 11.5 Å². The van der Waals surface area contributed by atoms with E-state index in [9.17, 15) is 9.59 Å². The van der Waals surface area contributed by atoms with E-state index >= 15 is 0 Å². The number of amides is 1. The average molecular weight is 314 g/mol. The summed E-state index contributed by atoms with van der Waals surface area (Å²) in [4.78, 5) is 29.8. The molecule has 0 saturated heterocycles. The molecule has 8 nitrogen and oxygen atoms in total. The number of aromatic amines is 1. The molecule has 2 N–H and O–H groups in total. The van der Waals surface area contributed by atoms with E-state index in [2.05, 4.69) is 25.0 Å². The Morgan fingerprint density at radius 2 is 2.22 bits per heavy atom. The number of aryl methyl sites for hydroxylation is 1. The van der Waals surface area contributed by atoms with Crippen molar-refractivity contribution >= 4 is 5.91 Å². The van der Waals surface area contributed by atoms with Gasteiger partial charge < -0.3 is 9.73 Å². The molecule has 0 atom stereocenters. The molecule has 0 aliphatic heterocycles. The van der Waals surface area contributed by atoms with Crippen molar-refractivity contribution in [3.8, 4) is 11.5 Å². The minimum Gasteiger partial charge on any atom is -0.463 e. The van der Waals surface area contributed by atoms with Crippen molar-refractivity contribution in [2.24, 2.45) is 0 Å². The van der Waals surface area contributed by atoms with E-state index in [0.717, 1.165) is 0 Å². The van der Waals surface area contributed by atoms with Crippen LogP contribution in [0.2, 0.25) is 0 Å². The Balaban J connectivity index is 1.64. The molecule has 0 radical (unpaired) electrons. The Morgan fingerprint density at radius 1 is 1.35 bits per heavy atom. The van der Waals surface area contributed by atoms with Gasteiger partial charge >= 0.3 is 5.76 Å². The SMILES string of the molecule is Cc1nc(-c2ccco2)ccc1C(=O)NCCc1noc(=O)[nH]1. The Hall–Kier alpha value is -3.16. The summed E-state index contributed by atoms with van der Waals surface area (Å²) in [6.07, 6.45) is 1.94. The Morgan fingerprint density at radius 3 is 2.87 bits per heavy atom. The maximum atomic E-state index is 12.2. The first-order chi connectivity index (χ1) is 11.1. The van der Waals surface area contributed by atoms with Crippen LogP contribution in [0.15, 0.2) is 44.3 Å². The van der Waals surface area contributed by atoms with Crippen LogP contribution in [-0.2, 0) is 6.42 Å². The van der Waals surface area contributed by atoms with Crippen molar-refractivity contribution in [2.45, 2.75) is 13.3 Å². The summed E-state index contributed by atoms with van der Waals surface area (Å²) in [6, 6.07) is 7.02. The summed E-state index contributed by atoms with van der Waals surface area (Å²) >= 11 is 0. The maximum Gasteiger partial charge on any atom is 0.438 e. The summed E-state index contributed by atoms with van der Waals surface area (Å²) in [5.74, 6) is 0.181. The molecule has 0 saturated carbocycles. The smallest absolute Gasteiger partial charge is 0.438 e. The van der Waals surface area contributed by atoms with Crippen LogP contribution in [0.4, 0.5) is 0 Å². The number of furan rings is 1. The van der Waals surface area contributed by atoms with Crippen molar-refractivity contribution in [1.82, 2.24) is 20.4 Å². The molecule has 0 aliphatic rings. The van der Waals surface area contributed by atoms with Gasteiger partial charge in [0, 0.05) is 13.0 Å². The molecule has 3 aromatic rings. The van der Waals surface area contributed by atoms with Crippen molar-refractivity contribution in [3.05, 3.63) is 58.2 Å². The van der Waals surface area contributed by atoms with Crippen molar-refractivity contribution in [2.75, 3.05) is 6.54 Å². The minimum absolute atomic E-state index is 0.244. The third-order valence-corrected chi connectivity index (χ3v) is 3.24. The summed E-state index contributed by atoms with van der Waals surface area (Å²) in [5.41, 5.74) is 1.75. The van der Waals surface area contributed by atoms with Crippen LogP contribution in [0, 0.1) is 6.92 Å². The molecule has 0 spiro atoms. The van der Waals surface area contributed by atoms with Crippen LogP contribution in [-0.4, -0.2) is 27.6 Å². The van der Waals surface area contributed by atoms with E-state index in [1.54, 1.807) is 37.5 Å². The second-order valence-electron chi connectivity index (χ2n) is 4.85. The highest BCUT2D eigenvalue weighted by Crippen LogP contribution is 2.19. The average Bonchev–Trinajstić information content (AvgIpc) is 3.18. The standard InChI is InChI=1S/C15H14N4O4/c1-9-10(4-5-11(17-9)12-3-2-8-22-12)14(20)16-7-6-13-18-15(21)23-19-13/h2-5,8H,6-7H2,1H3,(H,16,20)(H,18,19,21). The predicted octanol–water partition coefficient (Wildman–Crippen LogP) is 1.30. The molecule has 8 heteroatoms. The lowest BCUT2D eigenvalue weighted by atomic mass is 10.1. The number of carbonyl (C=O) groups is 1. The van der Waals surface area contributed by atoms with E-state index in [1.165, 1.54) is 0 Å². The number of rotatable bonds is 5. The fraction of sp³-hybridized carbons (Fsp3) is 0.200. The first-order valence-corrected chi connectivity index (χ1v) is 6.98. The van der Waals surface area contributed by atoms with Gasteiger partial charge in [0.15, 0.2) is 11.6 Å². The first kappa shape index (κ1) is 14.8. The van der Waals surface area contributed by atoms with E-state index in [1.807, 2.05) is 0 Å². The molecule has 3 aromatic heterocycles. The van der Waals surface area contributed by atoms with Gasteiger partial charge in [-0.3, -0.25) is 14.3 Å². The van der Waals surface area contributed by atoms with E-state index in [0.29, 0.717) is 41.5 Å². The lowest BCUT2D eigenvalue weighted by molar-refractivity contribution is 0.0953. The Bertz CT molecular complexity index is 864. The maximum absolute atomic E-state index is 12.2. The van der Waals surface area contributed by atoms with E-state index in [-0.39, 0.29) is 5.91 Å². The van der Waals surface area contributed by atoms with E-state index in [4.69, 9.17) is 4.42 Å². The molecule has 0 aromatic carbocycles. The number of pyridine rings is 1. The third kappa shape index (κ3) is 3.37. The lowest BCUT2D eigenvalue weighted by Gasteiger charge is -2.07. The van der Waals surface area contributed by atoms with E-state index < -0.39 is 5.76 Å². The largest absolute Gasteiger partial charge is 0.463 e. The molecule has 1 amide bonds. The zero-order valence-electron chi connectivity index (χ0n) is 12.3. The molecular weight excluding hydrogens is 300 g/mol. The van der Waals surface area contributed by atoms with Gasteiger partial charge in [0.1, 0.15) is 5.69 Å². The summed E-state index contributed by atoms with van der Waals surface area (Å²) in [6.45, 7) is 2.08. The fourth-order valence-electron chi connectivity index (χ4n) is 2.12. The van der Waals surface area contributed by atoms with Crippen LogP contribution in [0.1, 0.15) is 21.9 Å². The molecule has 0 bridgehead atoms. The van der Waals surface area contributed by atoms with Gasteiger partial charge in [-0.1, -0.05) is 5.16 Å². The highest BCUT2D eigenvalue weighted by Gasteiger charge is 2.12. The normalized spacial score (nSPS) is 10.7. The highest BCUT2D eigenvalue weighted by atomic mass is 16.5. The second kappa shape index (κ2) is 6.30. The molecule has 0 unspecified atom stereocenters. The van der Waals surface area contributed by atoms with Crippen molar-refractivity contribution < 1.29 is 13.7 Å². The van der Waals surface area contributed by atoms with Gasteiger partial charge in [0.05, 0.1) is 17.5 Å². The number of aromatic nitrogens is 3. The number of nitrogens with zero attached hydrogens (tertiary/aromatic N) is 2. The molecule has 0 fully saturated rings. The monoisotopic (exact) mass is 314 g/mol. The van der Waals surface area contributed by atoms with Crippen LogP contribution < -0.4 is 11.1 Å². The first-order valence-electron chi connectivity index (χ1n) is 6.98. The topological polar surface area (TPSA) is 114 Å². The molecule has 23 heavy (non-hydrogen) atoms. The van der Waals surface area contributed by atoms with Gasteiger partial charge in [-0.25, -0.2) is 9.78 Å². The molecule has 118 valence electrons. The van der Waals surface area contributed by atoms with Gasteiger partial charge in [-0.05, 0) is 31.2 Å². The lowest BCUT2D eigenvalue weighted by Crippen LogP contribution is -2.27. The van der Waals surface area contributed by atoms with Crippen LogP contribution in [0.3, 0.4) is 0 Å². The van der Waals surface area contributed by atoms with Crippen molar-refractivity contribution in [1.29, 1.82) is 0 Å². The quantitative estimate of drug-likeness (QED) is 0.733. The van der Waals surface area contributed by atoms with Gasteiger partial charge in [0.25, 0.3) is 5.91 Å². The van der Waals surface area contributed by atoms with Gasteiger partial charge in [-0.15, -0.1) is 0 Å². The minimum atomic E-state index is -0.611. The molecule has 3 rings (SSSR count).